The third-order valence-electron chi connectivity index (χ3n) is 1.77. The fourth-order valence-corrected chi connectivity index (χ4v) is 1.06. The highest BCUT2D eigenvalue weighted by Gasteiger charge is 1.90. The molecule has 0 aliphatic rings. The quantitative estimate of drug-likeness (QED) is 0.725. The summed E-state index contributed by atoms with van der Waals surface area (Å²) in [5, 5.41) is 3.21. The molecule has 1 rings (SSSR count). The minimum absolute atomic E-state index is 0. The van der Waals surface area contributed by atoms with E-state index in [4.69, 9.17) is 9.47 Å². The second-order valence-electron chi connectivity index (χ2n) is 2.90. The Morgan fingerprint density at radius 2 is 1.73 bits per heavy atom. The van der Waals surface area contributed by atoms with Gasteiger partial charge in [-0.1, -0.05) is 18.2 Å². The maximum absolute atomic E-state index is 5.48. The normalized spacial score (nSPS) is 9.40. The Kier molecular flexibility index (Phi) is 9.27. The van der Waals surface area contributed by atoms with Crippen molar-refractivity contribution in [2.24, 2.45) is 0 Å². The number of ether oxygens (including phenoxy) is 2. The molecule has 4 heteroatoms. The summed E-state index contributed by atoms with van der Waals surface area (Å²) in [6, 6.07) is 9.81. The first kappa shape index (κ1) is 14.2. The summed E-state index contributed by atoms with van der Waals surface area (Å²) in [5.41, 5.74) is 0. The zero-order valence-electron chi connectivity index (χ0n) is 8.94. The van der Waals surface area contributed by atoms with Gasteiger partial charge in [-0.05, 0) is 12.1 Å². The average Bonchev–Trinajstić information content (AvgIpc) is 2.25. The molecule has 0 atom stereocenters. The second kappa shape index (κ2) is 9.77. The van der Waals surface area contributed by atoms with E-state index < -0.39 is 0 Å². The number of hydrogen-bond acceptors (Lipinski definition) is 3. The number of methoxy groups -OCH3 is 1. The van der Waals surface area contributed by atoms with E-state index in [-0.39, 0.29) is 12.4 Å². The molecule has 0 fully saturated rings. The van der Waals surface area contributed by atoms with Crippen molar-refractivity contribution in [1.29, 1.82) is 0 Å². The molecule has 0 saturated carbocycles. The van der Waals surface area contributed by atoms with Gasteiger partial charge >= 0.3 is 0 Å². The number of halogens is 1. The number of nitrogens with one attached hydrogen (secondary N) is 1. The molecule has 0 saturated heterocycles. The van der Waals surface area contributed by atoms with E-state index in [0.29, 0.717) is 6.61 Å². The molecule has 0 spiro atoms. The lowest BCUT2D eigenvalue weighted by Gasteiger charge is -2.06. The van der Waals surface area contributed by atoms with Crippen molar-refractivity contribution in [3.63, 3.8) is 0 Å². The molecule has 0 bridgehead atoms. The van der Waals surface area contributed by atoms with Crippen LogP contribution in [0, 0.1) is 0 Å². The smallest absolute Gasteiger partial charge is 0.119 e. The zero-order chi connectivity index (χ0) is 10.1. The molecule has 0 aliphatic carbocycles. The van der Waals surface area contributed by atoms with Crippen molar-refractivity contribution >= 4 is 12.4 Å². The van der Waals surface area contributed by atoms with Crippen molar-refractivity contribution in [1.82, 2.24) is 5.32 Å². The van der Waals surface area contributed by atoms with Crippen molar-refractivity contribution in [2.75, 3.05) is 33.4 Å². The molecule has 0 heterocycles. The molecule has 0 radical (unpaired) electrons. The van der Waals surface area contributed by atoms with Gasteiger partial charge in [0.2, 0.25) is 0 Å². The Balaban J connectivity index is 0.00000196. The molecule has 15 heavy (non-hydrogen) atoms. The fraction of sp³-hybridized carbons (Fsp3) is 0.455. The fourth-order valence-electron chi connectivity index (χ4n) is 1.06. The lowest BCUT2D eigenvalue weighted by atomic mass is 10.3. The van der Waals surface area contributed by atoms with Crippen LogP contribution in [0.3, 0.4) is 0 Å². The third kappa shape index (κ3) is 7.19. The molecule has 1 aromatic rings. The number of rotatable bonds is 7. The Hall–Kier alpha value is -0.770. The van der Waals surface area contributed by atoms with Gasteiger partial charge in [-0.25, -0.2) is 0 Å². The van der Waals surface area contributed by atoms with Gasteiger partial charge in [0.25, 0.3) is 0 Å². The van der Waals surface area contributed by atoms with Crippen LogP contribution in [0.2, 0.25) is 0 Å². The van der Waals surface area contributed by atoms with E-state index in [0.717, 1.165) is 25.4 Å². The molecule has 1 N–H and O–H groups in total. The van der Waals surface area contributed by atoms with E-state index in [1.165, 1.54) is 0 Å². The standard InChI is InChI=1S/C11H17NO2.ClH/c1-13-9-7-12-8-10-14-11-5-3-2-4-6-11;/h2-6,12H,7-10H2,1H3;1H. The molecule has 0 amide bonds. The summed E-state index contributed by atoms with van der Waals surface area (Å²) in [6.07, 6.45) is 0. The van der Waals surface area contributed by atoms with Crippen LogP contribution in [-0.2, 0) is 4.74 Å². The van der Waals surface area contributed by atoms with Gasteiger partial charge in [0.1, 0.15) is 12.4 Å². The van der Waals surface area contributed by atoms with Crippen molar-refractivity contribution in [2.45, 2.75) is 0 Å². The Morgan fingerprint density at radius 3 is 2.40 bits per heavy atom. The lowest BCUT2D eigenvalue weighted by molar-refractivity contribution is 0.197. The number of benzene rings is 1. The summed E-state index contributed by atoms with van der Waals surface area (Å²) in [5.74, 6) is 0.918. The molecule has 0 aliphatic heterocycles. The van der Waals surface area contributed by atoms with E-state index >= 15 is 0 Å². The van der Waals surface area contributed by atoms with Crippen molar-refractivity contribution < 1.29 is 9.47 Å². The van der Waals surface area contributed by atoms with E-state index in [2.05, 4.69) is 5.32 Å². The summed E-state index contributed by atoms with van der Waals surface area (Å²) >= 11 is 0. The summed E-state index contributed by atoms with van der Waals surface area (Å²) < 4.78 is 10.4. The van der Waals surface area contributed by atoms with Gasteiger partial charge in [0, 0.05) is 20.2 Å². The van der Waals surface area contributed by atoms with Crippen LogP contribution in [0.1, 0.15) is 0 Å². The van der Waals surface area contributed by atoms with Gasteiger partial charge in [0.05, 0.1) is 6.61 Å². The topological polar surface area (TPSA) is 30.5 Å². The average molecular weight is 232 g/mol. The molecule has 86 valence electrons. The summed E-state index contributed by atoms with van der Waals surface area (Å²) in [7, 11) is 1.70. The van der Waals surface area contributed by atoms with Crippen LogP contribution in [0.15, 0.2) is 30.3 Å². The largest absolute Gasteiger partial charge is 0.492 e. The predicted molar refractivity (Wildman–Crippen MR) is 63.9 cm³/mol. The summed E-state index contributed by atoms with van der Waals surface area (Å²) in [4.78, 5) is 0. The Morgan fingerprint density at radius 1 is 1.07 bits per heavy atom. The maximum atomic E-state index is 5.48. The molecule has 0 unspecified atom stereocenters. The summed E-state index contributed by atoms with van der Waals surface area (Å²) in [6.45, 7) is 3.14. The van der Waals surface area contributed by atoms with Gasteiger partial charge in [0.15, 0.2) is 0 Å². The van der Waals surface area contributed by atoms with Crippen LogP contribution in [0.5, 0.6) is 5.75 Å². The highest BCUT2D eigenvalue weighted by Crippen LogP contribution is 2.07. The van der Waals surface area contributed by atoms with Gasteiger partial charge in [-0.3, -0.25) is 0 Å². The van der Waals surface area contributed by atoms with E-state index in [9.17, 15) is 0 Å². The number of hydrogen-bond donors (Lipinski definition) is 1. The highest BCUT2D eigenvalue weighted by molar-refractivity contribution is 5.85. The second-order valence-corrected chi connectivity index (χ2v) is 2.90. The minimum Gasteiger partial charge on any atom is -0.492 e. The SMILES string of the molecule is COCCNCCOc1ccccc1.Cl. The van der Waals surface area contributed by atoms with E-state index in [1.807, 2.05) is 30.3 Å². The molecular formula is C11H18ClNO2. The first-order valence-electron chi connectivity index (χ1n) is 4.81. The first-order valence-corrected chi connectivity index (χ1v) is 4.81. The number of para-hydroxylation sites is 1. The molecule has 1 aromatic carbocycles. The van der Waals surface area contributed by atoms with Crippen LogP contribution >= 0.6 is 12.4 Å². The Labute approximate surface area is 97.2 Å². The van der Waals surface area contributed by atoms with E-state index in [1.54, 1.807) is 7.11 Å². The van der Waals surface area contributed by atoms with Crippen LogP contribution in [-0.4, -0.2) is 33.4 Å². The lowest BCUT2D eigenvalue weighted by Crippen LogP contribution is -2.24. The highest BCUT2D eigenvalue weighted by atomic mass is 35.5. The van der Waals surface area contributed by atoms with Crippen LogP contribution in [0.4, 0.5) is 0 Å². The molecule has 3 nitrogen and oxygen atoms in total. The van der Waals surface area contributed by atoms with Crippen LogP contribution in [0.25, 0.3) is 0 Å². The maximum Gasteiger partial charge on any atom is 0.119 e. The molecular weight excluding hydrogens is 214 g/mol. The van der Waals surface area contributed by atoms with Gasteiger partial charge in [-0.2, -0.15) is 0 Å². The minimum atomic E-state index is 0. The van der Waals surface area contributed by atoms with Gasteiger partial charge < -0.3 is 14.8 Å². The zero-order valence-corrected chi connectivity index (χ0v) is 9.76. The van der Waals surface area contributed by atoms with Gasteiger partial charge in [-0.15, -0.1) is 12.4 Å². The van der Waals surface area contributed by atoms with Crippen molar-refractivity contribution in [3.8, 4) is 5.75 Å². The van der Waals surface area contributed by atoms with Crippen LogP contribution < -0.4 is 10.1 Å². The molecule has 0 aromatic heterocycles. The predicted octanol–water partition coefficient (Wildman–Crippen LogP) is 1.72. The van der Waals surface area contributed by atoms with Crippen molar-refractivity contribution in [3.05, 3.63) is 30.3 Å². The monoisotopic (exact) mass is 231 g/mol. The third-order valence-corrected chi connectivity index (χ3v) is 1.77. The Bertz CT molecular complexity index is 231. The first-order chi connectivity index (χ1) is 6.93.